The lowest BCUT2D eigenvalue weighted by Crippen LogP contribution is -2.05. The number of aromatic nitrogens is 2. The zero-order valence-electron chi connectivity index (χ0n) is 16.8. The van der Waals surface area contributed by atoms with Gasteiger partial charge < -0.3 is 9.30 Å². The van der Waals surface area contributed by atoms with Gasteiger partial charge in [-0.1, -0.05) is 42.1 Å². The summed E-state index contributed by atoms with van der Waals surface area (Å²) in [4.78, 5) is 16.8. The zero-order chi connectivity index (χ0) is 21.8. The molecule has 0 bridgehead atoms. The number of esters is 1. The van der Waals surface area contributed by atoms with Crippen LogP contribution >= 0.6 is 11.8 Å². The first-order valence-corrected chi connectivity index (χ1v) is 10.8. The Morgan fingerprint density at radius 1 is 1.06 bits per heavy atom. The molecule has 3 aromatic carbocycles. The van der Waals surface area contributed by atoms with Crippen LogP contribution in [-0.2, 0) is 17.0 Å². The van der Waals surface area contributed by atoms with E-state index in [4.69, 9.17) is 4.74 Å². The summed E-state index contributed by atoms with van der Waals surface area (Å²) in [6.45, 7) is 2.61. The van der Waals surface area contributed by atoms with Crippen molar-refractivity contribution in [3.63, 3.8) is 0 Å². The van der Waals surface area contributed by atoms with Gasteiger partial charge in [0, 0.05) is 11.3 Å². The molecule has 1 aromatic heterocycles. The predicted octanol–water partition coefficient (Wildman–Crippen LogP) is 5.83. The molecule has 4 nitrogen and oxygen atoms in total. The van der Waals surface area contributed by atoms with Gasteiger partial charge in [-0.05, 0) is 48.9 Å². The van der Waals surface area contributed by atoms with Gasteiger partial charge in [-0.25, -0.2) is 18.6 Å². The highest BCUT2D eigenvalue weighted by Crippen LogP contribution is 2.29. The van der Waals surface area contributed by atoms with Crippen molar-refractivity contribution >= 4 is 28.8 Å². The molecule has 0 N–H and O–H groups in total. The highest BCUT2D eigenvalue weighted by atomic mass is 32.2. The molecule has 0 saturated heterocycles. The van der Waals surface area contributed by atoms with E-state index >= 15 is 0 Å². The fourth-order valence-electron chi connectivity index (χ4n) is 3.27. The maximum Gasteiger partial charge on any atom is 0.338 e. The first-order valence-electron chi connectivity index (χ1n) is 9.83. The Hall–Kier alpha value is -3.19. The molecule has 0 aliphatic carbocycles. The Kier molecular flexibility index (Phi) is 6.32. The topological polar surface area (TPSA) is 44.1 Å². The molecule has 0 spiro atoms. The van der Waals surface area contributed by atoms with E-state index in [-0.39, 0.29) is 11.3 Å². The largest absolute Gasteiger partial charge is 0.462 e. The fourth-order valence-corrected chi connectivity index (χ4v) is 4.26. The summed E-state index contributed by atoms with van der Waals surface area (Å²) >= 11 is 1.32. The molecule has 4 rings (SSSR count). The number of hydrogen-bond donors (Lipinski definition) is 0. The SMILES string of the molecule is CCOC(=O)c1ccc2c(c1)nc(SCc1cc(F)ccc1F)n2Cc1ccccc1. The van der Waals surface area contributed by atoms with Crippen LogP contribution in [-0.4, -0.2) is 22.1 Å². The molecule has 0 amide bonds. The van der Waals surface area contributed by atoms with E-state index in [1.54, 1.807) is 19.1 Å². The Labute approximate surface area is 182 Å². The minimum atomic E-state index is -0.478. The molecule has 0 saturated carbocycles. The summed E-state index contributed by atoms with van der Waals surface area (Å²) in [5.41, 5.74) is 3.26. The van der Waals surface area contributed by atoms with Crippen LogP contribution in [0.15, 0.2) is 71.9 Å². The van der Waals surface area contributed by atoms with Crippen molar-refractivity contribution in [1.82, 2.24) is 9.55 Å². The van der Waals surface area contributed by atoms with Gasteiger partial charge in [0.15, 0.2) is 5.16 Å². The van der Waals surface area contributed by atoms with Gasteiger partial charge in [-0.2, -0.15) is 0 Å². The Balaban J connectivity index is 1.71. The van der Waals surface area contributed by atoms with Crippen molar-refractivity contribution in [2.75, 3.05) is 6.61 Å². The highest BCUT2D eigenvalue weighted by molar-refractivity contribution is 7.98. The number of carbonyl (C=O) groups is 1. The van der Waals surface area contributed by atoms with Crippen molar-refractivity contribution < 1.29 is 18.3 Å². The molecule has 0 atom stereocenters. The minimum Gasteiger partial charge on any atom is -0.462 e. The Morgan fingerprint density at radius 2 is 1.87 bits per heavy atom. The van der Waals surface area contributed by atoms with E-state index < -0.39 is 17.6 Å². The van der Waals surface area contributed by atoms with Crippen molar-refractivity contribution in [2.45, 2.75) is 24.4 Å². The number of nitrogens with zero attached hydrogens (tertiary/aromatic N) is 2. The molecule has 0 unspecified atom stereocenters. The number of thioether (sulfide) groups is 1. The number of ether oxygens (including phenoxy) is 1. The number of benzene rings is 3. The van der Waals surface area contributed by atoms with Gasteiger partial charge >= 0.3 is 5.97 Å². The quantitative estimate of drug-likeness (QED) is 0.269. The molecule has 158 valence electrons. The second-order valence-corrected chi connectivity index (χ2v) is 7.86. The van der Waals surface area contributed by atoms with Crippen LogP contribution < -0.4 is 0 Å². The van der Waals surface area contributed by atoms with Crippen molar-refractivity contribution in [3.05, 3.63) is 95.1 Å². The van der Waals surface area contributed by atoms with E-state index in [0.29, 0.717) is 29.4 Å². The lowest BCUT2D eigenvalue weighted by atomic mass is 10.2. The van der Waals surface area contributed by atoms with E-state index in [2.05, 4.69) is 4.98 Å². The summed E-state index contributed by atoms with van der Waals surface area (Å²) in [5.74, 6) is -1.11. The van der Waals surface area contributed by atoms with Crippen LogP contribution in [0, 0.1) is 11.6 Å². The molecule has 7 heteroatoms. The van der Waals surface area contributed by atoms with Crippen LogP contribution in [0.5, 0.6) is 0 Å². The van der Waals surface area contributed by atoms with E-state index in [0.717, 1.165) is 23.2 Å². The van der Waals surface area contributed by atoms with Gasteiger partial charge in [0.25, 0.3) is 0 Å². The van der Waals surface area contributed by atoms with Crippen LogP contribution in [0.2, 0.25) is 0 Å². The Bertz CT molecular complexity index is 1230. The summed E-state index contributed by atoms with van der Waals surface area (Å²) in [6.07, 6.45) is 0. The summed E-state index contributed by atoms with van der Waals surface area (Å²) in [6, 6.07) is 18.6. The fraction of sp³-hybridized carbons (Fsp3) is 0.167. The maximum absolute atomic E-state index is 14.1. The number of hydrogen-bond acceptors (Lipinski definition) is 4. The van der Waals surface area contributed by atoms with Gasteiger partial charge in [-0.15, -0.1) is 0 Å². The van der Waals surface area contributed by atoms with Crippen molar-refractivity contribution in [3.8, 4) is 0 Å². The Morgan fingerprint density at radius 3 is 2.65 bits per heavy atom. The van der Waals surface area contributed by atoms with E-state index in [9.17, 15) is 13.6 Å². The molecular weight excluding hydrogens is 418 g/mol. The smallest absolute Gasteiger partial charge is 0.338 e. The lowest BCUT2D eigenvalue weighted by Gasteiger charge is -2.10. The monoisotopic (exact) mass is 438 g/mol. The number of imidazole rings is 1. The third kappa shape index (κ3) is 4.77. The molecule has 0 aliphatic rings. The second-order valence-electron chi connectivity index (χ2n) is 6.91. The predicted molar refractivity (Wildman–Crippen MR) is 117 cm³/mol. The van der Waals surface area contributed by atoms with Gasteiger partial charge in [-0.3, -0.25) is 0 Å². The first-order chi connectivity index (χ1) is 15.0. The zero-order valence-corrected chi connectivity index (χ0v) is 17.7. The molecule has 0 fully saturated rings. The molecule has 4 aromatic rings. The van der Waals surface area contributed by atoms with Crippen LogP contribution in [0.3, 0.4) is 0 Å². The van der Waals surface area contributed by atoms with E-state index in [1.165, 1.54) is 17.8 Å². The number of halogens is 2. The average Bonchev–Trinajstić information content (AvgIpc) is 3.11. The molecular formula is C24H20F2N2O2S. The molecule has 31 heavy (non-hydrogen) atoms. The normalized spacial score (nSPS) is 11.1. The third-order valence-electron chi connectivity index (χ3n) is 4.77. The molecule has 1 heterocycles. The van der Waals surface area contributed by atoms with Gasteiger partial charge in [0.05, 0.1) is 29.7 Å². The summed E-state index contributed by atoms with van der Waals surface area (Å²) in [7, 11) is 0. The third-order valence-corrected chi connectivity index (χ3v) is 5.80. The molecule has 0 radical (unpaired) electrons. The number of rotatable bonds is 7. The first kappa shape index (κ1) is 21.1. The van der Waals surface area contributed by atoms with Gasteiger partial charge in [0.2, 0.25) is 0 Å². The minimum absolute atomic E-state index is 0.229. The average molecular weight is 438 g/mol. The lowest BCUT2D eigenvalue weighted by molar-refractivity contribution is 0.0526. The number of fused-ring (bicyclic) bond motifs is 1. The van der Waals surface area contributed by atoms with Crippen LogP contribution in [0.25, 0.3) is 11.0 Å². The maximum atomic E-state index is 14.1. The standard InChI is InChI=1S/C24H20F2N2O2S/c1-2-30-23(29)17-8-11-22-21(13-17)27-24(28(22)14-16-6-4-3-5-7-16)31-15-18-12-19(25)9-10-20(18)26/h3-13H,2,14-15H2,1H3. The summed E-state index contributed by atoms with van der Waals surface area (Å²) < 4.78 is 34.7. The van der Waals surface area contributed by atoms with Gasteiger partial charge in [0.1, 0.15) is 11.6 Å². The second kappa shape index (κ2) is 9.31. The van der Waals surface area contributed by atoms with E-state index in [1.807, 2.05) is 41.0 Å². The van der Waals surface area contributed by atoms with Crippen molar-refractivity contribution in [2.24, 2.45) is 0 Å². The number of carbonyl (C=O) groups excluding carboxylic acids is 1. The van der Waals surface area contributed by atoms with Crippen LogP contribution in [0.4, 0.5) is 8.78 Å². The van der Waals surface area contributed by atoms with Crippen molar-refractivity contribution in [1.29, 1.82) is 0 Å². The highest BCUT2D eigenvalue weighted by Gasteiger charge is 2.16. The summed E-state index contributed by atoms with van der Waals surface area (Å²) in [5, 5.41) is 0.656. The molecule has 0 aliphatic heterocycles. The van der Waals surface area contributed by atoms with Crippen LogP contribution in [0.1, 0.15) is 28.4 Å².